The number of halogens is 1. The molecule has 1 fully saturated rings. The lowest BCUT2D eigenvalue weighted by Gasteiger charge is -2.12. The van der Waals surface area contributed by atoms with Crippen LogP contribution in [0.5, 0.6) is 0 Å². The highest BCUT2D eigenvalue weighted by Crippen LogP contribution is 2.21. The molecule has 1 aliphatic rings. The Labute approximate surface area is 107 Å². The van der Waals surface area contributed by atoms with E-state index in [0.29, 0.717) is 0 Å². The van der Waals surface area contributed by atoms with Gasteiger partial charge in [0, 0.05) is 11.7 Å². The smallest absolute Gasteiger partial charge is 0.236 e. The molecular formula is C12H15FN2O2S. The normalized spacial score (nSPS) is 18.1. The van der Waals surface area contributed by atoms with E-state index in [-0.39, 0.29) is 22.5 Å². The van der Waals surface area contributed by atoms with Crippen molar-refractivity contribution in [1.82, 2.24) is 5.32 Å². The number of amides is 1. The van der Waals surface area contributed by atoms with Gasteiger partial charge in [-0.05, 0) is 38.0 Å². The predicted octanol–water partition coefficient (Wildman–Crippen LogP) is 1.18. The SMILES string of the molecule is CC(C(=O)NC1CC1)S(=O)c1ccc(N)cc1F. The minimum Gasteiger partial charge on any atom is -0.399 e. The van der Waals surface area contributed by atoms with Crippen molar-refractivity contribution < 1.29 is 13.4 Å². The van der Waals surface area contributed by atoms with E-state index in [9.17, 15) is 13.4 Å². The second-order valence-electron chi connectivity index (χ2n) is 4.41. The number of rotatable bonds is 4. The molecular weight excluding hydrogens is 255 g/mol. The molecule has 0 aromatic heterocycles. The highest BCUT2D eigenvalue weighted by Gasteiger charge is 2.29. The molecule has 1 aromatic rings. The summed E-state index contributed by atoms with van der Waals surface area (Å²) < 4.78 is 25.7. The first-order valence-corrected chi connectivity index (χ1v) is 6.96. The molecule has 3 N–H and O–H groups in total. The zero-order valence-electron chi connectivity index (χ0n) is 9.98. The van der Waals surface area contributed by atoms with Gasteiger partial charge in [-0.2, -0.15) is 0 Å². The van der Waals surface area contributed by atoms with E-state index in [0.717, 1.165) is 18.9 Å². The van der Waals surface area contributed by atoms with Gasteiger partial charge in [0.05, 0.1) is 15.7 Å². The fourth-order valence-corrected chi connectivity index (χ4v) is 2.61. The van der Waals surface area contributed by atoms with Crippen LogP contribution >= 0.6 is 0 Å². The lowest BCUT2D eigenvalue weighted by Crippen LogP contribution is -2.36. The number of hydrogen-bond acceptors (Lipinski definition) is 3. The molecule has 6 heteroatoms. The molecule has 1 amide bonds. The summed E-state index contributed by atoms with van der Waals surface area (Å²) in [7, 11) is -1.71. The monoisotopic (exact) mass is 270 g/mol. The van der Waals surface area contributed by atoms with Gasteiger partial charge in [0.15, 0.2) is 0 Å². The van der Waals surface area contributed by atoms with Crippen LogP contribution in [0, 0.1) is 5.82 Å². The molecule has 1 aliphatic carbocycles. The fourth-order valence-electron chi connectivity index (χ4n) is 1.51. The molecule has 2 atom stereocenters. The van der Waals surface area contributed by atoms with Gasteiger partial charge < -0.3 is 11.1 Å². The minimum absolute atomic E-state index is 0.0163. The van der Waals surface area contributed by atoms with Crippen LogP contribution in [0.1, 0.15) is 19.8 Å². The molecule has 4 nitrogen and oxygen atoms in total. The van der Waals surface area contributed by atoms with Crippen molar-refractivity contribution in [2.75, 3.05) is 5.73 Å². The molecule has 1 saturated carbocycles. The average molecular weight is 270 g/mol. The lowest BCUT2D eigenvalue weighted by atomic mass is 10.3. The summed E-state index contributed by atoms with van der Waals surface area (Å²) in [6.07, 6.45) is 1.92. The maximum Gasteiger partial charge on any atom is 0.236 e. The standard InChI is InChI=1S/C12H15FN2O2S/c1-7(12(16)15-9-3-4-9)18(17)11-5-2-8(14)6-10(11)13/h2,5-7,9H,3-4,14H2,1H3,(H,15,16). The third kappa shape index (κ3) is 2.87. The Morgan fingerprint density at radius 2 is 2.22 bits per heavy atom. The highest BCUT2D eigenvalue weighted by atomic mass is 32.2. The number of benzene rings is 1. The van der Waals surface area contributed by atoms with Gasteiger partial charge in [-0.25, -0.2) is 4.39 Å². The second-order valence-corrected chi connectivity index (χ2v) is 6.15. The minimum atomic E-state index is -1.71. The van der Waals surface area contributed by atoms with E-state index in [4.69, 9.17) is 5.73 Å². The van der Waals surface area contributed by atoms with E-state index in [1.165, 1.54) is 19.1 Å². The predicted molar refractivity (Wildman–Crippen MR) is 67.8 cm³/mol. The molecule has 0 aliphatic heterocycles. The molecule has 2 unspecified atom stereocenters. The molecule has 0 spiro atoms. The number of carbonyl (C=O) groups is 1. The first-order chi connectivity index (χ1) is 8.49. The van der Waals surface area contributed by atoms with E-state index in [1.807, 2.05) is 0 Å². The topological polar surface area (TPSA) is 72.2 Å². The van der Waals surface area contributed by atoms with Crippen molar-refractivity contribution in [3.8, 4) is 0 Å². The van der Waals surface area contributed by atoms with Crippen LogP contribution in [0.25, 0.3) is 0 Å². The quantitative estimate of drug-likeness (QED) is 0.807. The Bertz CT molecular complexity index is 503. The zero-order chi connectivity index (χ0) is 13.3. The maximum absolute atomic E-state index is 13.6. The largest absolute Gasteiger partial charge is 0.399 e. The Balaban J connectivity index is 2.11. The van der Waals surface area contributed by atoms with Crippen molar-refractivity contribution >= 4 is 22.4 Å². The van der Waals surface area contributed by atoms with Crippen LogP contribution < -0.4 is 11.1 Å². The van der Waals surface area contributed by atoms with Gasteiger partial charge in [0.1, 0.15) is 11.1 Å². The van der Waals surface area contributed by atoms with E-state index < -0.39 is 21.9 Å². The number of carbonyl (C=O) groups excluding carboxylic acids is 1. The first kappa shape index (κ1) is 13.0. The number of nitrogen functional groups attached to an aromatic ring is 1. The zero-order valence-corrected chi connectivity index (χ0v) is 10.8. The summed E-state index contributed by atoms with van der Waals surface area (Å²) in [5, 5.41) is 1.98. The van der Waals surface area contributed by atoms with Gasteiger partial charge in [-0.3, -0.25) is 9.00 Å². The molecule has 1 aromatic carbocycles. The third-order valence-electron chi connectivity index (χ3n) is 2.79. The number of nitrogens with two attached hydrogens (primary N) is 1. The first-order valence-electron chi connectivity index (χ1n) is 5.75. The number of anilines is 1. The van der Waals surface area contributed by atoms with E-state index in [1.54, 1.807) is 0 Å². The van der Waals surface area contributed by atoms with E-state index in [2.05, 4.69) is 5.32 Å². The number of nitrogens with one attached hydrogen (secondary N) is 1. The van der Waals surface area contributed by atoms with Crippen molar-refractivity contribution in [3.05, 3.63) is 24.0 Å². The third-order valence-corrected chi connectivity index (χ3v) is 4.41. The van der Waals surface area contributed by atoms with Crippen molar-refractivity contribution in [3.63, 3.8) is 0 Å². The Kier molecular flexibility index (Phi) is 3.65. The molecule has 0 bridgehead atoms. The summed E-state index contributed by atoms with van der Waals surface area (Å²) in [5.74, 6) is -0.938. The van der Waals surface area contributed by atoms with Gasteiger partial charge in [0.25, 0.3) is 0 Å². The van der Waals surface area contributed by atoms with Crippen molar-refractivity contribution in [1.29, 1.82) is 0 Å². The van der Waals surface area contributed by atoms with Crippen molar-refractivity contribution in [2.24, 2.45) is 0 Å². The van der Waals surface area contributed by atoms with Crippen LogP contribution in [-0.2, 0) is 15.6 Å². The number of hydrogen-bond donors (Lipinski definition) is 2. The summed E-state index contributed by atoms with van der Waals surface area (Å²) in [5.41, 5.74) is 5.69. The summed E-state index contributed by atoms with van der Waals surface area (Å²) in [6.45, 7) is 1.53. The van der Waals surface area contributed by atoms with Crippen molar-refractivity contribution in [2.45, 2.75) is 36.0 Å². The molecule has 0 saturated heterocycles. The van der Waals surface area contributed by atoms with Gasteiger partial charge in [-0.15, -0.1) is 0 Å². The summed E-state index contributed by atoms with van der Waals surface area (Å²) in [4.78, 5) is 11.8. The summed E-state index contributed by atoms with van der Waals surface area (Å²) in [6, 6.07) is 4.15. The van der Waals surface area contributed by atoms with Crippen LogP contribution in [0.2, 0.25) is 0 Å². The molecule has 18 heavy (non-hydrogen) atoms. The highest BCUT2D eigenvalue weighted by molar-refractivity contribution is 7.86. The molecule has 0 heterocycles. The van der Waals surface area contributed by atoms with E-state index >= 15 is 0 Å². The van der Waals surface area contributed by atoms with Crippen LogP contribution in [0.4, 0.5) is 10.1 Å². The Morgan fingerprint density at radius 3 is 2.78 bits per heavy atom. The van der Waals surface area contributed by atoms with Crippen LogP contribution in [0.3, 0.4) is 0 Å². The Morgan fingerprint density at radius 1 is 1.56 bits per heavy atom. The van der Waals surface area contributed by atoms with Crippen LogP contribution in [-0.4, -0.2) is 21.4 Å². The molecule has 0 radical (unpaired) electrons. The fraction of sp³-hybridized carbons (Fsp3) is 0.417. The van der Waals surface area contributed by atoms with Crippen LogP contribution in [0.15, 0.2) is 23.1 Å². The molecule has 2 rings (SSSR count). The lowest BCUT2D eigenvalue weighted by molar-refractivity contribution is -0.120. The molecule has 98 valence electrons. The second kappa shape index (κ2) is 5.06. The average Bonchev–Trinajstić information content (AvgIpc) is 3.11. The van der Waals surface area contributed by atoms with Gasteiger partial charge >= 0.3 is 0 Å². The Hall–Kier alpha value is -1.43. The van der Waals surface area contributed by atoms with Gasteiger partial charge in [-0.1, -0.05) is 0 Å². The van der Waals surface area contributed by atoms with Gasteiger partial charge in [0.2, 0.25) is 5.91 Å². The maximum atomic E-state index is 13.6. The summed E-state index contributed by atoms with van der Waals surface area (Å²) >= 11 is 0.